The zero-order valence-corrected chi connectivity index (χ0v) is 64.3. The van der Waals surface area contributed by atoms with Gasteiger partial charge in [0.15, 0.2) is 6.10 Å². The molecule has 0 bridgehead atoms. The first kappa shape index (κ1) is 95.9. The van der Waals surface area contributed by atoms with Crippen molar-refractivity contribution in [1.29, 1.82) is 0 Å². The van der Waals surface area contributed by atoms with Gasteiger partial charge >= 0.3 is 33.6 Å². The first-order valence-electron chi connectivity index (χ1n) is 38.4. The van der Waals surface area contributed by atoms with Crippen molar-refractivity contribution in [3.05, 3.63) is 170 Å². The molecule has 4 N–H and O–H groups in total. The Labute approximate surface area is 612 Å². The van der Waals surface area contributed by atoms with Gasteiger partial charge in [0.1, 0.15) is 25.4 Å². The van der Waals surface area contributed by atoms with E-state index in [4.69, 9.17) is 32.3 Å². The monoisotopic (exact) mass is 1450 g/mol. The average Bonchev–Trinajstić information content (AvgIpc) is 1.17. The predicted molar refractivity (Wildman–Crippen MR) is 417 cm³/mol. The van der Waals surface area contributed by atoms with Crippen LogP contribution in [0.1, 0.15) is 278 Å². The first-order valence-corrected chi connectivity index (χ1v) is 41.4. The van der Waals surface area contributed by atoms with E-state index in [1.165, 1.54) is 57.8 Å². The van der Waals surface area contributed by atoms with Gasteiger partial charge in [-0.1, -0.05) is 287 Å². The molecule has 0 saturated heterocycles. The van der Waals surface area contributed by atoms with Crippen LogP contribution in [0.3, 0.4) is 0 Å². The first-order chi connectivity index (χ1) is 49.2. The van der Waals surface area contributed by atoms with Crippen molar-refractivity contribution in [3.8, 4) is 0 Å². The molecule has 16 nitrogen and oxygen atoms in total. The number of aliphatic hydroxyl groups excluding tert-OH is 2. The minimum absolute atomic E-state index is 0.0364. The van der Waals surface area contributed by atoms with E-state index < -0.39 is 91.5 Å². The van der Waals surface area contributed by atoms with E-state index in [2.05, 4.69) is 173 Å². The van der Waals surface area contributed by atoms with Crippen molar-refractivity contribution in [2.45, 2.75) is 296 Å². The number of hydrogen-bond donors (Lipinski definition) is 4. The molecule has 0 radical (unpaired) electrons. The fourth-order valence-corrected chi connectivity index (χ4v) is 11.2. The van der Waals surface area contributed by atoms with Crippen LogP contribution in [0.25, 0.3) is 0 Å². The number of aliphatic hydroxyl groups is 2. The van der Waals surface area contributed by atoms with Gasteiger partial charge in [-0.2, -0.15) is 0 Å². The molecule has 0 aliphatic heterocycles. The molecule has 0 aromatic carbocycles. The molecular weight excluding hydrogens is 1310 g/mol. The number of ether oxygens (including phenoxy) is 3. The van der Waals surface area contributed by atoms with Gasteiger partial charge in [0.2, 0.25) is 0 Å². The molecule has 0 aromatic rings. The number of unbranched alkanes of at least 4 members (excludes halogenated alkanes) is 20. The summed E-state index contributed by atoms with van der Waals surface area (Å²) < 4.78 is 61.0. The van der Waals surface area contributed by atoms with Crippen LogP contribution < -0.4 is 0 Å². The van der Waals surface area contributed by atoms with Crippen molar-refractivity contribution in [1.82, 2.24) is 0 Å². The van der Waals surface area contributed by atoms with Crippen LogP contribution in [0, 0.1) is 0 Å². The third kappa shape index (κ3) is 75.9. The lowest BCUT2D eigenvalue weighted by Gasteiger charge is -2.21. The number of allylic oxidation sites excluding steroid dienone is 28. The molecule has 0 spiro atoms. The molecule has 0 rings (SSSR count). The molecule has 0 aromatic heterocycles. The normalized spacial score (nSPS) is 15.0. The number of phosphoric acid groups is 2. The second kappa shape index (κ2) is 74.6. The van der Waals surface area contributed by atoms with Gasteiger partial charge in [-0.3, -0.25) is 32.5 Å². The second-order valence-corrected chi connectivity index (χ2v) is 27.9. The van der Waals surface area contributed by atoms with E-state index in [9.17, 15) is 43.5 Å². The van der Waals surface area contributed by atoms with Crippen molar-refractivity contribution in [3.63, 3.8) is 0 Å². The fourth-order valence-electron chi connectivity index (χ4n) is 9.63. The van der Waals surface area contributed by atoms with Gasteiger partial charge in [0.05, 0.1) is 26.4 Å². The van der Waals surface area contributed by atoms with Crippen LogP contribution >= 0.6 is 15.6 Å². The molecule has 5 atom stereocenters. The van der Waals surface area contributed by atoms with Gasteiger partial charge < -0.3 is 34.2 Å². The standard InChI is InChI=1S/C83H136O16P2/c1-4-7-10-13-16-19-22-25-28-31-34-35-36-37-38-39-40-41-44-46-48-51-54-57-60-63-66-69-81(86)93-72-78(84)73-95-100(89,90)96-74-79(85)75-97-101(91,92)98-77-80(99-83(88)71-68-65-62-59-56-53-50-47-43-33-30-27-24-21-18-15-12-9-6-3)76-94-82(87)70-67-64-61-58-55-52-49-45-42-32-29-26-23-20-17-14-11-8-5-2/h7-8,10-11,16-21,25-30,34-35,37-38,42-43,45,47,52,55,61,64,78-80,84-85H,4-6,9,12-15,22-24,31-33,36,39-41,44,46,48-51,53-54,56-60,62-63,65-77H2,1-3H3,(H,89,90)(H,91,92)/b10-7-,11-8-,19-16-,20-17-,21-18-,28-25-,29-26-,30-27-,35-34-,38-37-,45-42-,47-43-,55-52-,64-61-. The smallest absolute Gasteiger partial charge is 0.463 e. The molecule has 0 fully saturated rings. The third-order valence-corrected chi connectivity index (χ3v) is 17.3. The Kier molecular flexibility index (Phi) is 70.9. The highest BCUT2D eigenvalue weighted by molar-refractivity contribution is 7.47. The number of carbonyl (C=O) groups excluding carboxylic acids is 3. The molecule has 0 aliphatic carbocycles. The quantitative estimate of drug-likeness (QED) is 0.0146. The average molecular weight is 1450 g/mol. The van der Waals surface area contributed by atoms with E-state index in [1.807, 2.05) is 18.2 Å². The maximum Gasteiger partial charge on any atom is 0.472 e. The van der Waals surface area contributed by atoms with Crippen LogP contribution in [-0.2, 0) is 55.8 Å². The van der Waals surface area contributed by atoms with Crippen LogP contribution in [0.4, 0.5) is 0 Å². The van der Waals surface area contributed by atoms with E-state index in [-0.39, 0.29) is 19.3 Å². The van der Waals surface area contributed by atoms with E-state index in [1.54, 1.807) is 0 Å². The van der Waals surface area contributed by atoms with Crippen LogP contribution in [-0.4, -0.2) is 95.9 Å². The SMILES string of the molecule is CC/C=C\C/C=C\C/C=C\C/C=C\C/C=C\C/C=C\CCC(=O)OCC(COP(=O)(O)OCC(O)COP(=O)(O)OCC(O)COC(=O)CCCCCCCCCCCCC/C=C\C/C=C\C/C=C\C/C=C\C/C=C\CC)OC(=O)CCCCCCCC/C=C\C/C=C\C/C=C\CCCCC. The molecule has 0 heterocycles. The summed E-state index contributed by atoms with van der Waals surface area (Å²) in [4.78, 5) is 58.6. The molecule has 574 valence electrons. The van der Waals surface area contributed by atoms with Gasteiger partial charge in [-0.05, 0) is 141 Å². The van der Waals surface area contributed by atoms with Crippen LogP contribution in [0.2, 0.25) is 0 Å². The molecular formula is C83H136O16P2. The van der Waals surface area contributed by atoms with Crippen molar-refractivity contribution in [2.24, 2.45) is 0 Å². The zero-order valence-electron chi connectivity index (χ0n) is 62.5. The molecule has 18 heteroatoms. The summed E-state index contributed by atoms with van der Waals surface area (Å²) in [7, 11) is -9.83. The summed E-state index contributed by atoms with van der Waals surface area (Å²) in [5, 5.41) is 20.6. The Morgan fingerprint density at radius 1 is 0.287 bits per heavy atom. The Morgan fingerprint density at radius 2 is 0.545 bits per heavy atom. The van der Waals surface area contributed by atoms with E-state index >= 15 is 0 Å². The summed E-state index contributed by atoms with van der Waals surface area (Å²) in [5.74, 6) is -1.70. The maximum absolute atomic E-state index is 13.0. The summed E-state index contributed by atoms with van der Waals surface area (Å²) in [6.45, 7) is 2.30. The van der Waals surface area contributed by atoms with Gasteiger partial charge in [-0.15, -0.1) is 0 Å². The van der Waals surface area contributed by atoms with Gasteiger partial charge in [0.25, 0.3) is 0 Å². The Morgan fingerprint density at radius 3 is 0.891 bits per heavy atom. The molecule has 0 amide bonds. The third-order valence-electron chi connectivity index (χ3n) is 15.4. The summed E-state index contributed by atoms with van der Waals surface area (Å²) in [6, 6.07) is 0. The van der Waals surface area contributed by atoms with Crippen molar-refractivity contribution >= 4 is 33.6 Å². The number of hydrogen-bond acceptors (Lipinski definition) is 14. The number of carbonyl (C=O) groups is 3. The van der Waals surface area contributed by atoms with Crippen molar-refractivity contribution in [2.75, 3.05) is 39.6 Å². The second-order valence-electron chi connectivity index (χ2n) is 25.0. The Balaban J connectivity index is 4.68. The van der Waals surface area contributed by atoms with E-state index in [0.717, 1.165) is 154 Å². The highest BCUT2D eigenvalue weighted by Crippen LogP contribution is 2.45. The topological polar surface area (TPSA) is 231 Å². The molecule has 5 unspecified atom stereocenters. The minimum atomic E-state index is -4.96. The van der Waals surface area contributed by atoms with Crippen LogP contribution in [0.15, 0.2) is 170 Å². The largest absolute Gasteiger partial charge is 0.472 e. The van der Waals surface area contributed by atoms with Crippen LogP contribution in [0.5, 0.6) is 0 Å². The highest BCUT2D eigenvalue weighted by atomic mass is 31.2. The van der Waals surface area contributed by atoms with Gasteiger partial charge in [-0.25, -0.2) is 9.13 Å². The zero-order chi connectivity index (χ0) is 73.7. The lowest BCUT2D eigenvalue weighted by Crippen LogP contribution is -2.30. The van der Waals surface area contributed by atoms with E-state index in [0.29, 0.717) is 25.7 Å². The molecule has 101 heavy (non-hydrogen) atoms. The predicted octanol–water partition coefficient (Wildman–Crippen LogP) is 22.4. The van der Waals surface area contributed by atoms with Gasteiger partial charge in [0, 0.05) is 19.3 Å². The highest BCUT2D eigenvalue weighted by Gasteiger charge is 2.29. The Hall–Kier alpha value is -5.09. The maximum atomic E-state index is 13.0. The lowest BCUT2D eigenvalue weighted by molar-refractivity contribution is -0.161. The summed E-state index contributed by atoms with van der Waals surface area (Å²) in [5.41, 5.74) is 0. The van der Waals surface area contributed by atoms with Crippen molar-refractivity contribution < 1.29 is 75.8 Å². The number of esters is 3. The fraction of sp³-hybridized carbons (Fsp3) is 0.627. The minimum Gasteiger partial charge on any atom is -0.463 e. The number of rotatable bonds is 71. The lowest BCUT2D eigenvalue weighted by atomic mass is 10.0. The summed E-state index contributed by atoms with van der Waals surface area (Å²) in [6.07, 6.45) is 94.1. The Bertz CT molecular complexity index is 2520. The number of phosphoric ester groups is 2. The summed E-state index contributed by atoms with van der Waals surface area (Å²) >= 11 is 0. The molecule has 0 saturated carbocycles. The molecule has 0 aliphatic rings.